The van der Waals surface area contributed by atoms with Crippen molar-refractivity contribution in [2.75, 3.05) is 0 Å². The molecule has 2 heterocycles. The third kappa shape index (κ3) is 2.52. The van der Waals surface area contributed by atoms with Crippen LogP contribution in [0.25, 0.3) is 16.6 Å². The minimum atomic E-state index is -4.58. The highest BCUT2D eigenvalue weighted by Crippen LogP contribution is 2.30. The molecular formula is C15H10F3N3O2. The molecule has 3 rings (SSSR count). The third-order valence-electron chi connectivity index (χ3n) is 3.48. The number of hydrogen-bond donors (Lipinski definition) is 1. The second-order valence-corrected chi connectivity index (χ2v) is 4.99. The van der Waals surface area contributed by atoms with Gasteiger partial charge in [0.05, 0.1) is 28.4 Å². The average Bonchev–Trinajstić information content (AvgIpc) is 2.48. The number of fused-ring (bicyclic) bond motifs is 1. The second kappa shape index (κ2) is 5.08. The largest absolute Gasteiger partial charge is 0.416 e. The van der Waals surface area contributed by atoms with Gasteiger partial charge in [-0.25, -0.2) is 9.36 Å². The first-order valence-electron chi connectivity index (χ1n) is 6.56. The highest BCUT2D eigenvalue weighted by molar-refractivity contribution is 5.78. The highest BCUT2D eigenvalue weighted by atomic mass is 19.4. The van der Waals surface area contributed by atoms with E-state index in [0.717, 1.165) is 22.8 Å². The molecule has 0 saturated heterocycles. The predicted molar refractivity (Wildman–Crippen MR) is 77.7 cm³/mol. The molecule has 5 nitrogen and oxygen atoms in total. The van der Waals surface area contributed by atoms with Crippen molar-refractivity contribution in [2.45, 2.75) is 13.1 Å². The minimum absolute atomic E-state index is 0.0470. The summed E-state index contributed by atoms with van der Waals surface area (Å²) in [6.07, 6.45) is -1.78. The smallest absolute Gasteiger partial charge is 0.306 e. The molecule has 0 radical (unpaired) electrons. The Morgan fingerprint density at radius 1 is 1.17 bits per heavy atom. The van der Waals surface area contributed by atoms with E-state index in [1.807, 2.05) is 0 Å². The standard InChI is InChI=1S/C15H10F3N3O2/c1-8-4-5-19-7-12(8)21-13(22)10-6-9(15(16,17)18)2-3-11(10)20-14(21)23/h2-7H,1H3,(H,20,23). The number of aromatic amines is 1. The molecule has 0 aliphatic carbocycles. The van der Waals surface area contributed by atoms with E-state index >= 15 is 0 Å². The van der Waals surface area contributed by atoms with Crippen LogP contribution in [0.15, 0.2) is 46.2 Å². The number of rotatable bonds is 1. The fourth-order valence-corrected chi connectivity index (χ4v) is 2.30. The van der Waals surface area contributed by atoms with Crippen LogP contribution in [0.1, 0.15) is 11.1 Å². The van der Waals surface area contributed by atoms with Gasteiger partial charge in [-0.1, -0.05) is 0 Å². The van der Waals surface area contributed by atoms with Crippen LogP contribution < -0.4 is 11.2 Å². The van der Waals surface area contributed by atoms with E-state index in [1.54, 1.807) is 13.0 Å². The molecule has 0 spiro atoms. The van der Waals surface area contributed by atoms with Gasteiger partial charge < -0.3 is 4.98 Å². The maximum absolute atomic E-state index is 12.8. The Kier molecular flexibility index (Phi) is 3.32. The summed E-state index contributed by atoms with van der Waals surface area (Å²) in [5.41, 5.74) is -1.66. The molecule has 0 unspecified atom stereocenters. The molecule has 0 aliphatic rings. The summed E-state index contributed by atoms with van der Waals surface area (Å²) in [7, 11) is 0. The zero-order chi connectivity index (χ0) is 16.8. The summed E-state index contributed by atoms with van der Waals surface area (Å²) < 4.78 is 39.3. The van der Waals surface area contributed by atoms with Crippen LogP contribution in [-0.2, 0) is 6.18 Å². The Morgan fingerprint density at radius 2 is 1.91 bits per heavy atom. The number of hydrogen-bond acceptors (Lipinski definition) is 3. The molecule has 1 N–H and O–H groups in total. The molecule has 1 aromatic carbocycles. The van der Waals surface area contributed by atoms with Crippen molar-refractivity contribution < 1.29 is 13.2 Å². The van der Waals surface area contributed by atoms with Crippen molar-refractivity contribution in [1.29, 1.82) is 0 Å². The van der Waals surface area contributed by atoms with Crippen molar-refractivity contribution in [2.24, 2.45) is 0 Å². The van der Waals surface area contributed by atoms with Gasteiger partial charge >= 0.3 is 11.9 Å². The SMILES string of the molecule is Cc1ccncc1-n1c(=O)[nH]c2ccc(C(F)(F)F)cc2c1=O. The summed E-state index contributed by atoms with van der Waals surface area (Å²) in [6.45, 7) is 1.67. The first-order valence-corrected chi connectivity index (χ1v) is 6.56. The van der Waals surface area contributed by atoms with E-state index in [2.05, 4.69) is 9.97 Å². The molecule has 118 valence electrons. The topological polar surface area (TPSA) is 67.8 Å². The molecule has 23 heavy (non-hydrogen) atoms. The van der Waals surface area contributed by atoms with E-state index in [9.17, 15) is 22.8 Å². The Hall–Kier alpha value is -2.90. The van der Waals surface area contributed by atoms with Crippen molar-refractivity contribution in [3.8, 4) is 5.69 Å². The van der Waals surface area contributed by atoms with Gasteiger partial charge in [0.2, 0.25) is 0 Å². The minimum Gasteiger partial charge on any atom is -0.306 e. The summed E-state index contributed by atoms with van der Waals surface area (Å²) in [6, 6.07) is 4.21. The molecular weight excluding hydrogens is 311 g/mol. The van der Waals surface area contributed by atoms with Crippen LogP contribution in [0.3, 0.4) is 0 Å². The normalized spacial score (nSPS) is 11.8. The molecule has 8 heteroatoms. The maximum Gasteiger partial charge on any atom is 0.416 e. The zero-order valence-electron chi connectivity index (χ0n) is 11.8. The molecule has 0 bridgehead atoms. The molecule has 0 amide bonds. The number of H-pyrrole nitrogens is 1. The second-order valence-electron chi connectivity index (χ2n) is 4.99. The lowest BCUT2D eigenvalue weighted by atomic mass is 10.1. The number of aryl methyl sites for hydroxylation is 1. The summed E-state index contributed by atoms with van der Waals surface area (Å²) in [5.74, 6) is 0. The van der Waals surface area contributed by atoms with Crippen LogP contribution in [0.4, 0.5) is 13.2 Å². The van der Waals surface area contributed by atoms with Crippen molar-refractivity contribution in [3.05, 3.63) is 68.6 Å². The molecule has 3 aromatic rings. The van der Waals surface area contributed by atoms with Crippen LogP contribution >= 0.6 is 0 Å². The van der Waals surface area contributed by atoms with Crippen LogP contribution in [-0.4, -0.2) is 14.5 Å². The number of benzene rings is 1. The Bertz CT molecular complexity index is 1020. The van der Waals surface area contributed by atoms with E-state index in [-0.39, 0.29) is 16.6 Å². The maximum atomic E-state index is 12.8. The fourth-order valence-electron chi connectivity index (χ4n) is 2.30. The fraction of sp³-hybridized carbons (Fsp3) is 0.133. The predicted octanol–water partition coefficient (Wildman–Crippen LogP) is 2.40. The van der Waals surface area contributed by atoms with Crippen LogP contribution in [0.5, 0.6) is 0 Å². The summed E-state index contributed by atoms with van der Waals surface area (Å²) >= 11 is 0. The summed E-state index contributed by atoms with van der Waals surface area (Å²) in [4.78, 5) is 30.9. The zero-order valence-corrected chi connectivity index (χ0v) is 11.8. The van der Waals surface area contributed by atoms with Gasteiger partial charge in [0.15, 0.2) is 0 Å². The third-order valence-corrected chi connectivity index (χ3v) is 3.48. The molecule has 2 aromatic heterocycles. The van der Waals surface area contributed by atoms with Gasteiger partial charge in [0.25, 0.3) is 5.56 Å². The van der Waals surface area contributed by atoms with Crippen molar-refractivity contribution >= 4 is 10.9 Å². The monoisotopic (exact) mass is 321 g/mol. The van der Waals surface area contributed by atoms with Gasteiger partial charge in [0.1, 0.15) is 0 Å². The number of nitrogens with zero attached hydrogens (tertiary/aromatic N) is 2. The number of aromatic nitrogens is 3. The lowest BCUT2D eigenvalue weighted by Crippen LogP contribution is -2.34. The Labute approximate surface area is 127 Å². The number of alkyl halides is 3. The molecule has 0 fully saturated rings. The first-order chi connectivity index (χ1) is 10.8. The van der Waals surface area contributed by atoms with Gasteiger partial charge in [-0.2, -0.15) is 13.2 Å². The number of halogens is 3. The summed E-state index contributed by atoms with van der Waals surface area (Å²) in [5, 5.41) is -0.220. The Morgan fingerprint density at radius 3 is 2.57 bits per heavy atom. The lowest BCUT2D eigenvalue weighted by molar-refractivity contribution is -0.137. The molecule has 0 atom stereocenters. The van der Waals surface area contributed by atoms with E-state index in [4.69, 9.17) is 0 Å². The van der Waals surface area contributed by atoms with Gasteiger partial charge in [-0.05, 0) is 36.8 Å². The molecule has 0 aliphatic heterocycles. The number of nitrogens with one attached hydrogen (secondary N) is 1. The quantitative estimate of drug-likeness (QED) is 0.748. The number of pyridine rings is 1. The van der Waals surface area contributed by atoms with Crippen molar-refractivity contribution in [3.63, 3.8) is 0 Å². The van der Waals surface area contributed by atoms with Gasteiger partial charge in [0, 0.05) is 6.20 Å². The van der Waals surface area contributed by atoms with E-state index < -0.39 is 23.0 Å². The van der Waals surface area contributed by atoms with Crippen molar-refractivity contribution in [1.82, 2.24) is 14.5 Å². The van der Waals surface area contributed by atoms with Crippen LogP contribution in [0, 0.1) is 6.92 Å². The average molecular weight is 321 g/mol. The van der Waals surface area contributed by atoms with Gasteiger partial charge in [-0.3, -0.25) is 9.78 Å². The highest BCUT2D eigenvalue weighted by Gasteiger charge is 2.31. The van der Waals surface area contributed by atoms with E-state index in [0.29, 0.717) is 5.56 Å². The van der Waals surface area contributed by atoms with Gasteiger partial charge in [-0.15, -0.1) is 0 Å². The molecule has 0 saturated carbocycles. The van der Waals surface area contributed by atoms with E-state index in [1.165, 1.54) is 12.4 Å². The first kappa shape index (κ1) is 15.0. The Balaban J connectivity index is 2.39. The lowest BCUT2D eigenvalue weighted by Gasteiger charge is -2.10. The van der Waals surface area contributed by atoms with Crippen LogP contribution in [0.2, 0.25) is 0 Å².